The van der Waals surface area contributed by atoms with E-state index in [1.165, 1.54) is 33.5 Å². The van der Waals surface area contributed by atoms with Crippen molar-refractivity contribution < 1.29 is 0 Å². The molecular weight excluding hydrogens is 556 g/mol. The molecule has 0 unspecified atom stereocenters. The van der Waals surface area contributed by atoms with Gasteiger partial charge in [-0.1, -0.05) is 117 Å². The molecule has 0 heterocycles. The van der Waals surface area contributed by atoms with Crippen molar-refractivity contribution in [2.45, 2.75) is 47.5 Å². The average Bonchev–Trinajstić information content (AvgIpc) is 3.33. The van der Waals surface area contributed by atoms with Crippen molar-refractivity contribution in [2.24, 2.45) is 5.41 Å². The fourth-order valence-electron chi connectivity index (χ4n) is 6.00. The van der Waals surface area contributed by atoms with E-state index in [2.05, 4.69) is 196 Å². The van der Waals surface area contributed by atoms with Gasteiger partial charge < -0.3 is 9.80 Å². The Morgan fingerprint density at radius 1 is 0.500 bits per heavy atom. The zero-order chi connectivity index (χ0) is 32.1. The van der Waals surface area contributed by atoms with Crippen molar-refractivity contribution in [3.63, 3.8) is 0 Å². The van der Waals surface area contributed by atoms with Gasteiger partial charge in [0, 0.05) is 34.1 Å². The summed E-state index contributed by atoms with van der Waals surface area (Å²) in [5.41, 5.74) is 13.4. The predicted molar refractivity (Wildman–Crippen MR) is 199 cm³/mol. The second-order valence-corrected chi connectivity index (χ2v) is 13.5. The number of hydrogen-bond donors (Lipinski definition) is 0. The molecule has 0 amide bonds. The molecule has 1 aliphatic rings. The third-order valence-corrected chi connectivity index (χ3v) is 8.33. The number of hydrogen-bond acceptors (Lipinski definition) is 2. The van der Waals surface area contributed by atoms with Gasteiger partial charge in [0.25, 0.3) is 0 Å². The van der Waals surface area contributed by atoms with E-state index in [9.17, 15) is 0 Å². The maximum Gasteiger partial charge on any atom is 0.0462 e. The largest absolute Gasteiger partial charge is 0.311 e. The van der Waals surface area contributed by atoms with Crippen LogP contribution in [0.1, 0.15) is 43.9 Å². The molecule has 5 aromatic carbocycles. The van der Waals surface area contributed by atoms with Crippen molar-refractivity contribution >= 4 is 28.4 Å². The maximum absolute atomic E-state index is 2.34. The first kappa shape index (κ1) is 30.9. The third kappa shape index (κ3) is 7.41. The van der Waals surface area contributed by atoms with E-state index in [1.807, 2.05) is 0 Å². The van der Waals surface area contributed by atoms with Crippen LogP contribution >= 0.6 is 0 Å². The zero-order valence-electron chi connectivity index (χ0n) is 27.7. The van der Waals surface area contributed by atoms with Gasteiger partial charge in [0.1, 0.15) is 0 Å². The van der Waals surface area contributed by atoms with Crippen LogP contribution in [0.4, 0.5) is 28.4 Å². The lowest BCUT2D eigenvalue weighted by Gasteiger charge is -2.27. The highest BCUT2D eigenvalue weighted by molar-refractivity contribution is 5.79. The minimum atomic E-state index is 0.256. The molecule has 0 saturated heterocycles. The molecule has 0 saturated carbocycles. The fraction of sp³-hybridized carbons (Fsp3) is 0.182. The molecule has 0 N–H and O–H groups in total. The third-order valence-electron chi connectivity index (χ3n) is 8.33. The molecule has 1 aliphatic carbocycles. The molecule has 2 heteroatoms. The van der Waals surface area contributed by atoms with Crippen molar-refractivity contribution in [1.29, 1.82) is 0 Å². The highest BCUT2D eigenvalue weighted by Gasteiger charge is 2.16. The Kier molecular flexibility index (Phi) is 9.08. The fourth-order valence-corrected chi connectivity index (χ4v) is 6.00. The molecule has 0 radical (unpaired) electrons. The summed E-state index contributed by atoms with van der Waals surface area (Å²) in [5, 5.41) is 0. The van der Waals surface area contributed by atoms with Crippen LogP contribution in [0.3, 0.4) is 0 Å². The van der Waals surface area contributed by atoms with E-state index >= 15 is 0 Å². The number of aryl methyl sites for hydroxylation is 2. The topological polar surface area (TPSA) is 6.48 Å². The average molecular weight is 601 g/mol. The minimum absolute atomic E-state index is 0.256. The van der Waals surface area contributed by atoms with Gasteiger partial charge in [0.05, 0.1) is 0 Å². The highest BCUT2D eigenvalue weighted by Crippen LogP contribution is 2.37. The Morgan fingerprint density at radius 3 is 1.37 bits per heavy atom. The molecule has 230 valence electrons. The lowest BCUT2D eigenvalue weighted by molar-refractivity contribution is 0.411. The van der Waals surface area contributed by atoms with Gasteiger partial charge in [-0.05, 0) is 116 Å². The van der Waals surface area contributed by atoms with Crippen molar-refractivity contribution in [3.8, 4) is 11.1 Å². The van der Waals surface area contributed by atoms with Crippen LogP contribution in [0, 0.1) is 19.3 Å². The Labute approximate surface area is 275 Å². The molecule has 0 spiro atoms. The van der Waals surface area contributed by atoms with Crippen LogP contribution < -0.4 is 9.80 Å². The van der Waals surface area contributed by atoms with Crippen LogP contribution in [0.25, 0.3) is 11.1 Å². The second kappa shape index (κ2) is 13.5. The molecule has 0 atom stereocenters. The van der Waals surface area contributed by atoms with Gasteiger partial charge in [-0.2, -0.15) is 0 Å². The van der Waals surface area contributed by atoms with Gasteiger partial charge in [-0.25, -0.2) is 0 Å². The molecule has 46 heavy (non-hydrogen) atoms. The van der Waals surface area contributed by atoms with E-state index in [-0.39, 0.29) is 5.41 Å². The summed E-state index contributed by atoms with van der Waals surface area (Å²) in [6, 6.07) is 44.5. The predicted octanol–water partition coefficient (Wildman–Crippen LogP) is 12.6. The summed E-state index contributed by atoms with van der Waals surface area (Å²) in [7, 11) is 0. The van der Waals surface area contributed by atoms with Crippen molar-refractivity contribution in [2.75, 3.05) is 9.80 Å². The van der Waals surface area contributed by atoms with Crippen LogP contribution in [-0.4, -0.2) is 0 Å². The quantitative estimate of drug-likeness (QED) is 0.175. The first-order valence-electron chi connectivity index (χ1n) is 16.3. The number of benzene rings is 5. The number of allylic oxidation sites excluding steroid dienone is 5. The van der Waals surface area contributed by atoms with Gasteiger partial charge in [0.2, 0.25) is 0 Å². The molecular formula is C44H44N2. The normalized spacial score (nSPS) is 12.8. The zero-order valence-corrected chi connectivity index (χ0v) is 27.7. The Hall–Kier alpha value is -5.08. The summed E-state index contributed by atoms with van der Waals surface area (Å²) in [5.74, 6) is 0. The summed E-state index contributed by atoms with van der Waals surface area (Å²) >= 11 is 0. The Bertz CT molecular complexity index is 1830. The lowest BCUT2D eigenvalue weighted by atomic mass is 9.88. The van der Waals surface area contributed by atoms with Gasteiger partial charge in [-0.15, -0.1) is 0 Å². The van der Waals surface area contributed by atoms with E-state index in [4.69, 9.17) is 0 Å². The van der Waals surface area contributed by atoms with E-state index in [0.717, 1.165) is 41.3 Å². The van der Waals surface area contributed by atoms with Crippen LogP contribution in [0.2, 0.25) is 0 Å². The lowest BCUT2D eigenvalue weighted by Crippen LogP contribution is -2.15. The monoisotopic (exact) mass is 600 g/mol. The Morgan fingerprint density at radius 2 is 0.913 bits per heavy atom. The summed E-state index contributed by atoms with van der Waals surface area (Å²) in [6.07, 6.45) is 12.9. The molecule has 0 fully saturated rings. The van der Waals surface area contributed by atoms with E-state index in [0.29, 0.717) is 0 Å². The van der Waals surface area contributed by atoms with Crippen molar-refractivity contribution in [1.82, 2.24) is 0 Å². The maximum atomic E-state index is 2.34. The first-order valence-corrected chi connectivity index (χ1v) is 16.3. The van der Waals surface area contributed by atoms with E-state index in [1.54, 1.807) is 0 Å². The molecule has 0 aromatic heterocycles. The molecule has 0 aliphatic heterocycles. The number of nitrogens with zero attached hydrogens (tertiary/aromatic N) is 2. The van der Waals surface area contributed by atoms with E-state index < -0.39 is 0 Å². The van der Waals surface area contributed by atoms with Crippen LogP contribution in [0.15, 0.2) is 157 Å². The van der Waals surface area contributed by atoms with Gasteiger partial charge in [-0.3, -0.25) is 0 Å². The van der Waals surface area contributed by atoms with Crippen LogP contribution in [0.5, 0.6) is 0 Å². The van der Waals surface area contributed by atoms with Crippen molar-refractivity contribution in [3.05, 3.63) is 174 Å². The molecule has 0 bridgehead atoms. The summed E-state index contributed by atoms with van der Waals surface area (Å²) < 4.78 is 0. The second-order valence-electron chi connectivity index (χ2n) is 13.5. The summed E-state index contributed by atoms with van der Waals surface area (Å²) in [6.45, 7) is 11.1. The molecule has 2 nitrogen and oxygen atoms in total. The first-order chi connectivity index (χ1) is 22.2. The standard InChI is InChI=1S/C44H44N2/c1-33-12-22-39(23-13-33)45(38-10-8-6-7-9-11-38)42-28-18-36(19-29-42)37-20-30-43(31-21-37)46(40-24-14-34(2)15-25-40)41-26-16-35(17-27-41)32-44(3,4)5/h6-8,10-31H,9,32H2,1-5H3. The summed E-state index contributed by atoms with van der Waals surface area (Å²) in [4.78, 5) is 4.68. The van der Waals surface area contributed by atoms with Gasteiger partial charge >= 0.3 is 0 Å². The molecule has 5 aromatic rings. The smallest absolute Gasteiger partial charge is 0.0462 e. The number of anilines is 5. The minimum Gasteiger partial charge on any atom is -0.311 e. The Balaban J connectivity index is 1.29. The SMILES string of the molecule is Cc1ccc(N(C2=CCC=CC=C2)c2ccc(-c3ccc(N(c4ccc(C)cc4)c4ccc(CC(C)(C)C)cc4)cc3)cc2)cc1. The molecule has 6 rings (SSSR count). The van der Waals surface area contributed by atoms with Gasteiger partial charge in [0.15, 0.2) is 0 Å². The van der Waals surface area contributed by atoms with Crippen LogP contribution in [-0.2, 0) is 6.42 Å². The highest BCUT2D eigenvalue weighted by atomic mass is 15.1. The number of rotatable bonds is 8.